The lowest BCUT2D eigenvalue weighted by Crippen LogP contribution is -2.10. The van der Waals surface area contributed by atoms with Crippen molar-refractivity contribution >= 4 is 11.6 Å². The van der Waals surface area contributed by atoms with Crippen LogP contribution < -0.4 is 10.3 Å². The maximum Gasteiger partial charge on any atom is 0.286 e. The summed E-state index contributed by atoms with van der Waals surface area (Å²) in [6.07, 6.45) is 5.48. The monoisotopic (exact) mass is 336 g/mol. The molecule has 6 heteroatoms. The molecule has 5 nitrogen and oxygen atoms in total. The molecule has 0 saturated heterocycles. The third kappa shape index (κ3) is 6.42. The van der Waals surface area contributed by atoms with Gasteiger partial charge >= 0.3 is 0 Å². The minimum atomic E-state index is -0.431. The van der Waals surface area contributed by atoms with E-state index in [1.807, 2.05) is 18.2 Å². The summed E-state index contributed by atoms with van der Waals surface area (Å²) in [4.78, 5) is 11.2. The molecule has 1 heterocycles. The second-order valence-electron chi connectivity index (χ2n) is 5.18. The number of ether oxygens (including phenoxy) is 2. The molecule has 0 saturated carbocycles. The Morgan fingerprint density at radius 1 is 1.04 bits per heavy atom. The molecule has 0 radical (unpaired) electrons. The van der Waals surface area contributed by atoms with E-state index >= 15 is 0 Å². The minimum absolute atomic E-state index is 0.0503. The second-order valence-corrected chi connectivity index (χ2v) is 5.56. The molecule has 1 N–H and O–H groups in total. The third-order valence-electron chi connectivity index (χ3n) is 3.32. The van der Waals surface area contributed by atoms with Gasteiger partial charge in [0.05, 0.1) is 19.4 Å². The molecule has 2 rings (SSSR count). The number of aromatic nitrogens is 2. The normalized spacial score (nSPS) is 10.7. The minimum Gasteiger partial charge on any atom is -0.490 e. The molecule has 0 aliphatic carbocycles. The van der Waals surface area contributed by atoms with E-state index in [1.165, 1.54) is 11.8 Å². The molecule has 2 aromatic rings. The van der Waals surface area contributed by atoms with E-state index in [0.29, 0.717) is 19.0 Å². The number of nitrogens with one attached hydrogen (secondary N) is 1. The van der Waals surface area contributed by atoms with Crippen LogP contribution in [0.1, 0.15) is 31.2 Å². The van der Waals surface area contributed by atoms with Gasteiger partial charge in [0.25, 0.3) is 5.56 Å². The molecule has 0 spiro atoms. The van der Waals surface area contributed by atoms with Crippen molar-refractivity contribution in [2.24, 2.45) is 0 Å². The molecule has 23 heavy (non-hydrogen) atoms. The van der Waals surface area contributed by atoms with Crippen LogP contribution in [0.25, 0.3) is 0 Å². The van der Waals surface area contributed by atoms with Gasteiger partial charge in [-0.1, -0.05) is 48.4 Å². The highest BCUT2D eigenvalue weighted by atomic mass is 35.5. The maximum atomic E-state index is 11.2. The van der Waals surface area contributed by atoms with Gasteiger partial charge < -0.3 is 9.47 Å². The zero-order valence-corrected chi connectivity index (χ0v) is 13.7. The Morgan fingerprint density at radius 3 is 2.57 bits per heavy atom. The summed E-state index contributed by atoms with van der Waals surface area (Å²) < 4.78 is 11.1. The highest BCUT2D eigenvalue weighted by Gasteiger charge is 2.05. The van der Waals surface area contributed by atoms with Gasteiger partial charge in [-0.2, -0.15) is 5.10 Å². The van der Waals surface area contributed by atoms with Crippen molar-refractivity contribution in [3.63, 3.8) is 0 Å². The maximum absolute atomic E-state index is 11.2. The number of H-pyrrole nitrogens is 1. The predicted molar refractivity (Wildman–Crippen MR) is 89.9 cm³/mol. The number of hydrogen-bond acceptors (Lipinski definition) is 4. The lowest BCUT2D eigenvalue weighted by molar-refractivity contribution is 0.116. The van der Waals surface area contributed by atoms with Gasteiger partial charge in [-0.05, 0) is 24.8 Å². The fourth-order valence-electron chi connectivity index (χ4n) is 2.07. The van der Waals surface area contributed by atoms with E-state index < -0.39 is 5.56 Å². The number of rotatable bonds is 10. The fraction of sp³-hybridized carbons (Fsp3) is 0.412. The largest absolute Gasteiger partial charge is 0.490 e. The smallest absolute Gasteiger partial charge is 0.286 e. The summed E-state index contributed by atoms with van der Waals surface area (Å²) in [7, 11) is 0. The van der Waals surface area contributed by atoms with Gasteiger partial charge in [0.2, 0.25) is 0 Å². The molecule has 0 aliphatic rings. The first-order chi connectivity index (χ1) is 11.3. The second kappa shape index (κ2) is 10.0. The predicted octanol–water partition coefficient (Wildman–Crippen LogP) is 3.58. The average molecular weight is 337 g/mol. The molecule has 0 bridgehead atoms. The van der Waals surface area contributed by atoms with Crippen LogP contribution in [0.3, 0.4) is 0 Å². The number of halogens is 1. The standard InChI is InChI=1S/C17H21ClN2O3/c18-16-15(12-19-20-17(16)21)23-11-7-2-1-6-10-22-13-14-8-4-3-5-9-14/h3-5,8-9,12H,1-2,6-7,10-11,13H2,(H,20,21). The Hall–Kier alpha value is -1.85. The van der Waals surface area contributed by atoms with Crippen LogP contribution in [0.15, 0.2) is 41.3 Å². The lowest BCUT2D eigenvalue weighted by Gasteiger charge is -2.07. The summed E-state index contributed by atoms with van der Waals surface area (Å²) in [6, 6.07) is 10.2. The van der Waals surface area contributed by atoms with E-state index in [-0.39, 0.29) is 5.02 Å². The lowest BCUT2D eigenvalue weighted by atomic mass is 10.2. The van der Waals surface area contributed by atoms with Crippen LogP contribution >= 0.6 is 11.6 Å². The van der Waals surface area contributed by atoms with E-state index in [9.17, 15) is 4.79 Å². The van der Waals surface area contributed by atoms with E-state index in [2.05, 4.69) is 22.3 Å². The number of aromatic amines is 1. The van der Waals surface area contributed by atoms with E-state index in [1.54, 1.807) is 0 Å². The number of benzene rings is 1. The van der Waals surface area contributed by atoms with Gasteiger partial charge in [0.1, 0.15) is 0 Å². The molecule has 0 aliphatic heterocycles. The quantitative estimate of drug-likeness (QED) is 0.673. The van der Waals surface area contributed by atoms with Crippen LogP contribution in [0, 0.1) is 0 Å². The Labute approximate surface area is 140 Å². The fourth-order valence-corrected chi connectivity index (χ4v) is 2.22. The van der Waals surface area contributed by atoms with Gasteiger partial charge in [-0.3, -0.25) is 4.79 Å². The van der Waals surface area contributed by atoms with Crippen LogP contribution in [0.5, 0.6) is 5.75 Å². The molecule has 1 aromatic heterocycles. The summed E-state index contributed by atoms with van der Waals surface area (Å²) in [5.41, 5.74) is 0.768. The Balaban J connectivity index is 1.48. The van der Waals surface area contributed by atoms with Gasteiger partial charge in [0, 0.05) is 6.61 Å². The van der Waals surface area contributed by atoms with Gasteiger partial charge in [-0.25, -0.2) is 5.10 Å². The molecule has 1 aromatic carbocycles. The van der Waals surface area contributed by atoms with Crippen LogP contribution in [-0.4, -0.2) is 23.4 Å². The molecule has 0 unspecified atom stereocenters. The SMILES string of the molecule is O=c1[nH]ncc(OCCCCCCOCc2ccccc2)c1Cl. The molecule has 124 valence electrons. The first kappa shape index (κ1) is 17.5. The van der Waals surface area contributed by atoms with Crippen molar-refractivity contribution in [3.8, 4) is 5.75 Å². The number of nitrogens with zero attached hydrogens (tertiary/aromatic N) is 1. The Bertz CT molecular complexity index is 631. The van der Waals surface area contributed by atoms with Crippen LogP contribution in [0.4, 0.5) is 0 Å². The number of unbranched alkanes of at least 4 members (excludes halogenated alkanes) is 3. The summed E-state index contributed by atoms with van der Waals surface area (Å²) in [6.45, 7) is 1.95. The van der Waals surface area contributed by atoms with Crippen LogP contribution in [-0.2, 0) is 11.3 Å². The highest BCUT2D eigenvalue weighted by Crippen LogP contribution is 2.17. The van der Waals surface area contributed by atoms with Crippen molar-refractivity contribution in [2.75, 3.05) is 13.2 Å². The molecular weight excluding hydrogens is 316 g/mol. The number of hydrogen-bond donors (Lipinski definition) is 1. The molecular formula is C17H21ClN2O3. The molecule has 0 fully saturated rings. The molecule has 0 atom stereocenters. The average Bonchev–Trinajstić information content (AvgIpc) is 2.58. The van der Waals surface area contributed by atoms with Crippen molar-refractivity contribution < 1.29 is 9.47 Å². The first-order valence-electron chi connectivity index (χ1n) is 7.75. The summed E-state index contributed by atoms with van der Waals surface area (Å²) in [5, 5.41) is 5.96. The van der Waals surface area contributed by atoms with Gasteiger partial charge in [0.15, 0.2) is 10.8 Å². The van der Waals surface area contributed by atoms with E-state index in [0.717, 1.165) is 32.3 Å². The van der Waals surface area contributed by atoms with Gasteiger partial charge in [-0.15, -0.1) is 0 Å². The zero-order chi connectivity index (χ0) is 16.3. The summed E-state index contributed by atoms with van der Waals surface area (Å²) in [5.74, 6) is 0.335. The topological polar surface area (TPSA) is 64.2 Å². The first-order valence-corrected chi connectivity index (χ1v) is 8.13. The van der Waals surface area contributed by atoms with Crippen molar-refractivity contribution in [2.45, 2.75) is 32.3 Å². The zero-order valence-electron chi connectivity index (χ0n) is 13.0. The van der Waals surface area contributed by atoms with Crippen molar-refractivity contribution in [1.82, 2.24) is 10.2 Å². The van der Waals surface area contributed by atoms with Crippen molar-refractivity contribution in [1.29, 1.82) is 0 Å². The Kier molecular flexibility index (Phi) is 7.63. The summed E-state index contributed by atoms with van der Waals surface area (Å²) >= 11 is 5.82. The third-order valence-corrected chi connectivity index (χ3v) is 3.67. The van der Waals surface area contributed by atoms with E-state index in [4.69, 9.17) is 21.1 Å². The Morgan fingerprint density at radius 2 is 1.78 bits per heavy atom. The van der Waals surface area contributed by atoms with Crippen LogP contribution in [0.2, 0.25) is 5.02 Å². The van der Waals surface area contributed by atoms with Crippen molar-refractivity contribution in [3.05, 3.63) is 57.5 Å². The highest BCUT2D eigenvalue weighted by molar-refractivity contribution is 6.31. The molecule has 0 amide bonds.